The Bertz CT molecular complexity index is 418. The number of hydrogen-bond donors (Lipinski definition) is 1. The molecule has 0 amide bonds. The first-order chi connectivity index (χ1) is 9.45. The zero-order chi connectivity index (χ0) is 14.8. The molecule has 0 aromatic heterocycles. The van der Waals surface area contributed by atoms with Crippen molar-refractivity contribution in [2.75, 3.05) is 6.54 Å². The van der Waals surface area contributed by atoms with Gasteiger partial charge in [0.25, 0.3) is 0 Å². The summed E-state index contributed by atoms with van der Waals surface area (Å²) in [5, 5.41) is 3.69. The molecule has 0 bridgehead atoms. The van der Waals surface area contributed by atoms with Crippen LogP contribution in [-0.4, -0.2) is 12.6 Å². The molecule has 1 aromatic rings. The molecule has 1 fully saturated rings. The van der Waals surface area contributed by atoms with E-state index in [2.05, 4.69) is 64.2 Å². The summed E-state index contributed by atoms with van der Waals surface area (Å²) >= 11 is 0. The Balaban J connectivity index is 2.26. The van der Waals surface area contributed by atoms with Crippen LogP contribution in [0.4, 0.5) is 0 Å². The Morgan fingerprint density at radius 1 is 1.15 bits per heavy atom. The van der Waals surface area contributed by atoms with Crippen LogP contribution >= 0.6 is 0 Å². The molecule has 1 aromatic carbocycles. The van der Waals surface area contributed by atoms with Crippen LogP contribution in [-0.2, 0) is 5.41 Å². The molecule has 0 radical (unpaired) electrons. The highest BCUT2D eigenvalue weighted by molar-refractivity contribution is 5.32. The van der Waals surface area contributed by atoms with E-state index >= 15 is 0 Å². The highest BCUT2D eigenvalue weighted by atomic mass is 14.9. The van der Waals surface area contributed by atoms with Gasteiger partial charge in [-0.05, 0) is 35.8 Å². The molecule has 2 rings (SSSR count). The first-order valence-corrected chi connectivity index (χ1v) is 8.29. The molecule has 2 atom stereocenters. The number of nitrogens with one attached hydrogen (secondary N) is 1. The maximum absolute atomic E-state index is 3.69. The van der Waals surface area contributed by atoms with Crippen LogP contribution in [0.25, 0.3) is 0 Å². The predicted octanol–water partition coefficient (Wildman–Crippen LogP) is 4.87. The molecular formula is C19H31N. The average molecular weight is 273 g/mol. The monoisotopic (exact) mass is 273 g/mol. The van der Waals surface area contributed by atoms with Crippen LogP contribution in [0.1, 0.15) is 70.9 Å². The third kappa shape index (κ3) is 3.09. The van der Waals surface area contributed by atoms with Gasteiger partial charge < -0.3 is 5.32 Å². The molecule has 1 aliphatic carbocycles. The summed E-state index contributed by atoms with van der Waals surface area (Å²) in [5.41, 5.74) is 3.34. The molecule has 0 aliphatic heterocycles. The largest absolute Gasteiger partial charge is 0.314 e. The van der Waals surface area contributed by atoms with Crippen molar-refractivity contribution in [2.45, 2.75) is 71.3 Å². The number of hydrogen-bond acceptors (Lipinski definition) is 1. The Morgan fingerprint density at radius 3 is 2.25 bits per heavy atom. The molecule has 0 saturated heterocycles. The quantitative estimate of drug-likeness (QED) is 0.807. The summed E-state index contributed by atoms with van der Waals surface area (Å²) in [6, 6.07) is 10.0. The molecule has 0 spiro atoms. The lowest BCUT2D eigenvalue weighted by molar-refractivity contribution is 0.308. The van der Waals surface area contributed by atoms with Gasteiger partial charge >= 0.3 is 0 Å². The molecule has 2 unspecified atom stereocenters. The Hall–Kier alpha value is -0.820. The molecule has 1 N–H and O–H groups in total. The van der Waals surface area contributed by atoms with Crippen LogP contribution in [0.2, 0.25) is 0 Å². The minimum Gasteiger partial charge on any atom is -0.314 e. The smallest absolute Gasteiger partial charge is 0.0103 e. The fraction of sp³-hybridized carbons (Fsp3) is 0.684. The molecule has 1 saturated carbocycles. The van der Waals surface area contributed by atoms with E-state index < -0.39 is 0 Å². The summed E-state index contributed by atoms with van der Waals surface area (Å²) in [6.07, 6.45) is 4.06. The summed E-state index contributed by atoms with van der Waals surface area (Å²) in [5.74, 6) is 1.40. The van der Waals surface area contributed by atoms with Gasteiger partial charge in [0, 0.05) is 18.0 Å². The fourth-order valence-electron chi connectivity index (χ4n) is 3.63. The van der Waals surface area contributed by atoms with E-state index in [4.69, 9.17) is 0 Å². The highest BCUT2D eigenvalue weighted by Gasteiger charge is 2.41. The van der Waals surface area contributed by atoms with Gasteiger partial charge in [-0.1, -0.05) is 65.3 Å². The summed E-state index contributed by atoms with van der Waals surface area (Å²) in [7, 11) is 0. The topological polar surface area (TPSA) is 12.0 Å². The van der Waals surface area contributed by atoms with E-state index in [-0.39, 0.29) is 0 Å². The minimum atomic E-state index is 0.347. The van der Waals surface area contributed by atoms with E-state index in [1.54, 1.807) is 5.56 Å². The Morgan fingerprint density at radius 2 is 1.80 bits per heavy atom. The first-order valence-electron chi connectivity index (χ1n) is 8.29. The van der Waals surface area contributed by atoms with Gasteiger partial charge in [-0.25, -0.2) is 0 Å². The maximum Gasteiger partial charge on any atom is 0.0103 e. The van der Waals surface area contributed by atoms with E-state index in [1.807, 2.05) is 0 Å². The van der Waals surface area contributed by atoms with Crippen LogP contribution in [0.3, 0.4) is 0 Å². The van der Waals surface area contributed by atoms with E-state index in [0.717, 1.165) is 12.5 Å². The van der Waals surface area contributed by atoms with Crippen molar-refractivity contribution in [3.05, 3.63) is 35.4 Å². The summed E-state index contributed by atoms with van der Waals surface area (Å²) in [6.45, 7) is 12.6. The number of benzene rings is 1. The average Bonchev–Trinajstić information content (AvgIpc) is 2.79. The lowest BCUT2D eigenvalue weighted by Gasteiger charge is -2.36. The van der Waals surface area contributed by atoms with Gasteiger partial charge in [-0.2, -0.15) is 0 Å². The highest BCUT2D eigenvalue weighted by Crippen LogP contribution is 2.45. The van der Waals surface area contributed by atoms with E-state index in [1.165, 1.54) is 24.8 Å². The van der Waals surface area contributed by atoms with Gasteiger partial charge in [-0.15, -0.1) is 0 Å². The van der Waals surface area contributed by atoms with Crippen LogP contribution in [0, 0.1) is 5.92 Å². The Labute approximate surface area is 125 Å². The molecule has 20 heavy (non-hydrogen) atoms. The second-order valence-electron chi connectivity index (χ2n) is 7.26. The first kappa shape index (κ1) is 15.6. The van der Waals surface area contributed by atoms with Crippen LogP contribution in [0.5, 0.6) is 0 Å². The molecular weight excluding hydrogens is 242 g/mol. The molecule has 1 aliphatic rings. The summed E-state index contributed by atoms with van der Waals surface area (Å²) < 4.78 is 0. The second kappa shape index (κ2) is 6.30. The predicted molar refractivity (Wildman–Crippen MR) is 88.4 cm³/mol. The SMILES string of the molecule is CC(C)NCC1(c2ccc(C(C)C)cc2)CCCC1C. The lowest BCUT2D eigenvalue weighted by Crippen LogP contribution is -2.42. The van der Waals surface area contributed by atoms with Gasteiger partial charge in [0.15, 0.2) is 0 Å². The minimum absolute atomic E-state index is 0.347. The van der Waals surface area contributed by atoms with Crippen molar-refractivity contribution in [3.63, 3.8) is 0 Å². The standard InChI is InChI=1S/C19H31N/c1-14(2)17-8-10-18(11-9-17)19(13-20-15(3)4)12-6-7-16(19)5/h8-11,14-16,20H,6-7,12-13H2,1-5H3. The van der Waals surface area contributed by atoms with Crippen LogP contribution < -0.4 is 5.32 Å². The number of rotatable bonds is 5. The van der Waals surface area contributed by atoms with Crippen LogP contribution in [0.15, 0.2) is 24.3 Å². The van der Waals surface area contributed by atoms with E-state index in [0.29, 0.717) is 17.4 Å². The zero-order valence-electron chi connectivity index (χ0n) is 13.9. The van der Waals surface area contributed by atoms with Crippen molar-refractivity contribution in [1.82, 2.24) is 5.32 Å². The van der Waals surface area contributed by atoms with Crippen molar-refractivity contribution in [3.8, 4) is 0 Å². The van der Waals surface area contributed by atoms with Crippen molar-refractivity contribution >= 4 is 0 Å². The van der Waals surface area contributed by atoms with Gasteiger partial charge in [0.1, 0.15) is 0 Å². The van der Waals surface area contributed by atoms with Crippen molar-refractivity contribution < 1.29 is 0 Å². The fourth-order valence-corrected chi connectivity index (χ4v) is 3.63. The van der Waals surface area contributed by atoms with Gasteiger partial charge in [0.05, 0.1) is 0 Å². The van der Waals surface area contributed by atoms with Crippen molar-refractivity contribution in [2.24, 2.45) is 5.92 Å². The zero-order valence-corrected chi connectivity index (χ0v) is 13.9. The van der Waals surface area contributed by atoms with E-state index in [9.17, 15) is 0 Å². The molecule has 112 valence electrons. The second-order valence-corrected chi connectivity index (χ2v) is 7.26. The van der Waals surface area contributed by atoms with Crippen molar-refractivity contribution in [1.29, 1.82) is 0 Å². The third-order valence-electron chi connectivity index (χ3n) is 5.18. The normalized spacial score (nSPS) is 26.6. The molecule has 0 heterocycles. The Kier molecular flexibility index (Phi) is 4.90. The molecule has 1 heteroatoms. The summed E-state index contributed by atoms with van der Waals surface area (Å²) in [4.78, 5) is 0. The maximum atomic E-state index is 3.69. The lowest BCUT2D eigenvalue weighted by atomic mass is 9.72. The van der Waals surface area contributed by atoms with Gasteiger partial charge in [-0.3, -0.25) is 0 Å². The molecule has 1 nitrogen and oxygen atoms in total. The third-order valence-corrected chi connectivity index (χ3v) is 5.18. The van der Waals surface area contributed by atoms with Gasteiger partial charge in [0.2, 0.25) is 0 Å².